The van der Waals surface area contributed by atoms with Crippen LogP contribution in [0.5, 0.6) is 5.75 Å². The zero-order chi connectivity index (χ0) is 29.7. The van der Waals surface area contributed by atoms with E-state index in [-0.39, 0.29) is 18.5 Å². The van der Waals surface area contributed by atoms with Gasteiger partial charge in [-0.15, -0.1) is 0 Å². The largest absolute Gasteiger partial charge is 0.496 e. The molecule has 0 saturated carbocycles. The minimum Gasteiger partial charge on any atom is -0.496 e. The lowest BCUT2D eigenvalue weighted by Crippen LogP contribution is -2.28. The molecule has 2 amide bonds. The third-order valence-corrected chi connectivity index (χ3v) is 6.98. The molecule has 4 N–H and O–H groups in total. The van der Waals surface area contributed by atoms with Crippen molar-refractivity contribution in [2.24, 2.45) is 12.8 Å². The molecule has 1 aromatic heterocycles. The van der Waals surface area contributed by atoms with Crippen LogP contribution in [0.15, 0.2) is 65.8 Å². The highest BCUT2D eigenvalue weighted by Crippen LogP contribution is 2.37. The molecule has 0 aliphatic heterocycles. The Labute approximate surface area is 237 Å². The Kier molecular flexibility index (Phi) is 8.94. The highest BCUT2D eigenvalue weighted by molar-refractivity contribution is 6.04. The molecule has 4 aromatic rings. The number of amides is 2. The molecule has 0 spiro atoms. The highest BCUT2D eigenvalue weighted by atomic mass is 19.1. The predicted octanol–water partition coefficient (Wildman–Crippen LogP) is 4.10. The van der Waals surface area contributed by atoms with Crippen molar-refractivity contribution in [3.63, 3.8) is 0 Å². The third kappa shape index (κ3) is 6.33. The van der Waals surface area contributed by atoms with Gasteiger partial charge in [0.15, 0.2) is 0 Å². The van der Waals surface area contributed by atoms with Crippen LogP contribution in [0.2, 0.25) is 0 Å². The molecule has 3 aromatic carbocycles. The molecule has 0 atom stereocenters. The number of carbonyl (C=O) groups is 2. The molecule has 0 radical (unpaired) electrons. The van der Waals surface area contributed by atoms with Crippen molar-refractivity contribution in [1.82, 2.24) is 14.9 Å². The lowest BCUT2D eigenvalue weighted by Gasteiger charge is -2.18. The van der Waals surface area contributed by atoms with Crippen LogP contribution in [0.25, 0.3) is 22.3 Å². The Bertz CT molecular complexity index is 1680. The van der Waals surface area contributed by atoms with E-state index >= 15 is 4.39 Å². The molecule has 0 aliphatic carbocycles. The fourth-order valence-electron chi connectivity index (χ4n) is 4.70. The molecule has 212 valence electrons. The topological polar surface area (TPSA) is 128 Å². The summed E-state index contributed by atoms with van der Waals surface area (Å²) in [6.45, 7) is 4.36. The molecule has 9 nitrogen and oxygen atoms in total. The number of anilines is 1. The van der Waals surface area contributed by atoms with E-state index in [4.69, 9.17) is 10.5 Å². The quantitative estimate of drug-likeness (QED) is 0.252. The normalized spacial score (nSPS) is 10.9. The summed E-state index contributed by atoms with van der Waals surface area (Å²) in [6, 6.07) is 14.6. The summed E-state index contributed by atoms with van der Waals surface area (Å²) in [4.78, 5) is 40.2. The van der Waals surface area contributed by atoms with Crippen LogP contribution >= 0.6 is 0 Å². The van der Waals surface area contributed by atoms with Crippen LogP contribution in [0.4, 0.5) is 10.1 Å². The number of aromatic nitrogens is 2. The molecule has 10 heteroatoms. The van der Waals surface area contributed by atoms with Crippen molar-refractivity contribution in [1.29, 1.82) is 0 Å². The van der Waals surface area contributed by atoms with Gasteiger partial charge in [-0.3, -0.25) is 14.4 Å². The first-order chi connectivity index (χ1) is 19.6. The molecule has 0 aliphatic rings. The minimum atomic E-state index is -0.545. The second-order valence-corrected chi connectivity index (χ2v) is 9.67. The fourth-order valence-corrected chi connectivity index (χ4v) is 4.70. The maximum Gasteiger partial charge on any atom is 0.265 e. The first kappa shape index (κ1) is 29.2. The predicted molar refractivity (Wildman–Crippen MR) is 156 cm³/mol. The van der Waals surface area contributed by atoms with Gasteiger partial charge in [-0.1, -0.05) is 30.3 Å². The number of carbonyl (C=O) groups excluding carboxylic acids is 2. The molecule has 0 saturated heterocycles. The average molecular weight is 558 g/mol. The summed E-state index contributed by atoms with van der Waals surface area (Å²) in [5, 5.41) is 5.85. The smallest absolute Gasteiger partial charge is 0.265 e. The Balaban J connectivity index is 1.66. The van der Waals surface area contributed by atoms with E-state index in [1.54, 1.807) is 12.1 Å². The van der Waals surface area contributed by atoms with Crippen LogP contribution in [0, 0.1) is 19.7 Å². The zero-order valence-corrected chi connectivity index (χ0v) is 23.4. The number of benzene rings is 3. The number of aryl methyl sites for hydroxylation is 1. The molecule has 1 heterocycles. The number of nitrogens with one attached hydrogen (secondary N) is 2. The van der Waals surface area contributed by atoms with Gasteiger partial charge in [0, 0.05) is 44.0 Å². The summed E-state index contributed by atoms with van der Waals surface area (Å²) in [5.74, 6) is -1.02. The lowest BCUT2D eigenvalue weighted by molar-refractivity contribution is -0.117. The van der Waals surface area contributed by atoms with E-state index in [9.17, 15) is 14.4 Å². The van der Waals surface area contributed by atoms with E-state index in [1.807, 2.05) is 44.2 Å². The van der Waals surface area contributed by atoms with E-state index in [0.29, 0.717) is 29.1 Å². The number of nitrogens with zero attached hydrogens (tertiary/aromatic N) is 2. The second-order valence-electron chi connectivity index (χ2n) is 9.67. The summed E-state index contributed by atoms with van der Waals surface area (Å²) in [7, 11) is 3.02. The number of halogens is 1. The molecule has 0 unspecified atom stereocenters. The molecule has 0 fully saturated rings. The molecular weight excluding hydrogens is 525 g/mol. The lowest BCUT2D eigenvalue weighted by atomic mass is 9.90. The van der Waals surface area contributed by atoms with Crippen LogP contribution < -0.4 is 26.7 Å². The molecule has 4 rings (SSSR count). The van der Waals surface area contributed by atoms with Crippen molar-refractivity contribution >= 4 is 17.5 Å². The maximum absolute atomic E-state index is 15.3. The number of hydrogen-bond acceptors (Lipinski definition) is 6. The minimum absolute atomic E-state index is 0.0551. The van der Waals surface area contributed by atoms with E-state index in [2.05, 4.69) is 15.6 Å². The zero-order valence-electron chi connectivity index (χ0n) is 23.4. The highest BCUT2D eigenvalue weighted by Gasteiger charge is 2.18. The van der Waals surface area contributed by atoms with Crippen molar-refractivity contribution in [3.8, 4) is 28.0 Å². The van der Waals surface area contributed by atoms with Gasteiger partial charge in [0.1, 0.15) is 17.1 Å². The number of hydrogen-bond donors (Lipinski definition) is 3. The van der Waals surface area contributed by atoms with Crippen molar-refractivity contribution < 1.29 is 18.7 Å². The van der Waals surface area contributed by atoms with Gasteiger partial charge >= 0.3 is 0 Å². The van der Waals surface area contributed by atoms with Gasteiger partial charge < -0.3 is 25.7 Å². The number of rotatable bonds is 10. The molecular formula is C31H32FN5O4. The van der Waals surface area contributed by atoms with Gasteiger partial charge in [0.25, 0.3) is 11.5 Å². The van der Waals surface area contributed by atoms with E-state index in [1.165, 1.54) is 37.3 Å². The summed E-state index contributed by atoms with van der Waals surface area (Å²) in [6.07, 6.45) is 2.75. The Morgan fingerprint density at radius 1 is 1.05 bits per heavy atom. The van der Waals surface area contributed by atoms with Crippen LogP contribution in [0.3, 0.4) is 0 Å². The Morgan fingerprint density at radius 3 is 2.44 bits per heavy atom. The van der Waals surface area contributed by atoms with Gasteiger partial charge in [-0.25, -0.2) is 9.37 Å². The first-order valence-corrected chi connectivity index (χ1v) is 13.0. The van der Waals surface area contributed by atoms with Gasteiger partial charge in [0.2, 0.25) is 5.91 Å². The average Bonchev–Trinajstić information content (AvgIpc) is 2.94. The van der Waals surface area contributed by atoms with Crippen molar-refractivity contribution in [2.45, 2.75) is 26.8 Å². The maximum atomic E-state index is 15.3. The van der Waals surface area contributed by atoms with Crippen molar-refractivity contribution in [2.75, 3.05) is 19.0 Å². The molecule has 0 bridgehead atoms. The van der Waals surface area contributed by atoms with Gasteiger partial charge in [0.05, 0.1) is 13.4 Å². The van der Waals surface area contributed by atoms with Crippen LogP contribution in [-0.2, 0) is 18.4 Å². The fraction of sp³-hybridized carbons (Fsp3) is 0.226. The summed E-state index contributed by atoms with van der Waals surface area (Å²) < 4.78 is 22.0. The number of methoxy groups -OCH3 is 1. The summed E-state index contributed by atoms with van der Waals surface area (Å²) in [5.41, 5.74) is 10.6. The van der Waals surface area contributed by atoms with E-state index < -0.39 is 23.2 Å². The monoisotopic (exact) mass is 557 g/mol. The SMILES string of the molecule is COc1cc(-c2cccc(-c3cccc(NC(=O)c4cncn(C)c4=O)c3C)c2C)cc(F)c1CNCCC(N)=O. The van der Waals surface area contributed by atoms with Gasteiger partial charge in [-0.2, -0.15) is 0 Å². The summed E-state index contributed by atoms with van der Waals surface area (Å²) >= 11 is 0. The second kappa shape index (κ2) is 12.6. The number of ether oxygens (including phenoxy) is 1. The standard InChI is InChI=1S/C31H32FN5O4/c1-18-21(20-13-26(32)24(28(14-20)41-4)15-34-12-11-29(33)38)7-5-8-22(18)23-9-6-10-27(19(23)2)36-30(39)25-16-35-17-37(3)31(25)40/h5-10,13-14,16-17,34H,11-12,15H2,1-4H3,(H2,33,38)(H,36,39). The van der Waals surface area contributed by atoms with Gasteiger partial charge in [-0.05, 0) is 65.4 Å². The van der Waals surface area contributed by atoms with Crippen LogP contribution in [-0.4, -0.2) is 35.0 Å². The van der Waals surface area contributed by atoms with Crippen LogP contribution in [0.1, 0.15) is 33.5 Å². The first-order valence-electron chi connectivity index (χ1n) is 13.0. The third-order valence-electron chi connectivity index (χ3n) is 6.98. The molecule has 41 heavy (non-hydrogen) atoms. The number of primary amides is 1. The Hall–Kier alpha value is -4.83. The van der Waals surface area contributed by atoms with Crippen molar-refractivity contribution in [3.05, 3.63) is 99.5 Å². The Morgan fingerprint density at radius 2 is 1.73 bits per heavy atom. The number of nitrogens with two attached hydrogens (primary N) is 1. The van der Waals surface area contributed by atoms with E-state index in [0.717, 1.165) is 27.8 Å².